The van der Waals surface area contributed by atoms with Crippen molar-refractivity contribution in [2.24, 2.45) is 0 Å². The summed E-state index contributed by atoms with van der Waals surface area (Å²) in [6, 6.07) is 6.13. The predicted octanol–water partition coefficient (Wildman–Crippen LogP) is 1.85. The van der Waals surface area contributed by atoms with E-state index in [0.717, 1.165) is 5.56 Å². The fraction of sp³-hybridized carbons (Fsp3) is 0.250. The van der Waals surface area contributed by atoms with Crippen molar-refractivity contribution >= 4 is 5.78 Å². The van der Waals surface area contributed by atoms with Crippen LogP contribution in [0.4, 0.5) is 0 Å². The Hall–Kier alpha value is -1.97. The van der Waals surface area contributed by atoms with Crippen LogP contribution in [-0.2, 0) is 6.42 Å². The van der Waals surface area contributed by atoms with Gasteiger partial charge in [0.25, 0.3) is 0 Å². The maximum absolute atomic E-state index is 11.8. The largest absolute Gasteiger partial charge is 0.292 e. The van der Waals surface area contributed by atoms with E-state index in [0.29, 0.717) is 12.1 Å². The van der Waals surface area contributed by atoms with Gasteiger partial charge in [0.05, 0.1) is 6.20 Å². The third-order valence-corrected chi connectivity index (χ3v) is 2.35. The normalized spacial score (nSPS) is 10.4. The number of carbonyl (C=O) groups is 1. The first-order valence-electron chi connectivity index (χ1n) is 5.11. The highest BCUT2D eigenvalue weighted by Crippen LogP contribution is 2.11. The first kappa shape index (κ1) is 10.5. The zero-order valence-electron chi connectivity index (χ0n) is 9.32. The maximum Gasteiger partial charge on any atom is 0.189 e. The minimum atomic E-state index is -0.0150. The molecule has 1 heterocycles. The number of ketones is 1. The van der Waals surface area contributed by atoms with E-state index >= 15 is 0 Å². The minimum absolute atomic E-state index is 0.0150. The number of aryl methyl sites for hydroxylation is 2. The average Bonchev–Trinajstić information content (AvgIpc) is 2.68. The molecule has 0 aliphatic rings. The van der Waals surface area contributed by atoms with Crippen LogP contribution in [0.3, 0.4) is 0 Å². The zero-order chi connectivity index (χ0) is 11.5. The fourth-order valence-electron chi connectivity index (χ4n) is 1.78. The number of hydrogen-bond acceptors (Lipinski definition) is 3. The summed E-state index contributed by atoms with van der Waals surface area (Å²) in [6.07, 6.45) is 1.82. The fourth-order valence-corrected chi connectivity index (χ4v) is 1.78. The summed E-state index contributed by atoms with van der Waals surface area (Å²) < 4.78 is 0. The van der Waals surface area contributed by atoms with Crippen LogP contribution in [0.25, 0.3) is 0 Å². The van der Waals surface area contributed by atoms with Crippen LogP contribution in [0.5, 0.6) is 0 Å². The number of H-pyrrole nitrogens is 1. The first-order valence-corrected chi connectivity index (χ1v) is 5.11. The van der Waals surface area contributed by atoms with E-state index in [9.17, 15) is 4.79 Å². The van der Waals surface area contributed by atoms with E-state index in [1.807, 2.05) is 26.0 Å². The van der Waals surface area contributed by atoms with Gasteiger partial charge in [-0.3, -0.25) is 4.79 Å². The van der Waals surface area contributed by atoms with Crippen LogP contribution in [0.2, 0.25) is 0 Å². The number of Topliss-reactive ketones (excluding diaryl/α,β-unsaturated/α-hetero) is 1. The molecule has 0 saturated carbocycles. The molecule has 0 bridgehead atoms. The molecule has 0 atom stereocenters. The molecule has 0 saturated heterocycles. The Morgan fingerprint density at radius 2 is 1.94 bits per heavy atom. The molecule has 0 unspecified atom stereocenters. The van der Waals surface area contributed by atoms with E-state index in [1.54, 1.807) is 0 Å². The molecule has 82 valence electrons. The van der Waals surface area contributed by atoms with Gasteiger partial charge >= 0.3 is 0 Å². The molecule has 4 heteroatoms. The van der Waals surface area contributed by atoms with Gasteiger partial charge in [-0.2, -0.15) is 15.4 Å². The number of carbonyl (C=O) groups excluding carboxylic acids is 1. The highest BCUT2D eigenvalue weighted by molar-refractivity contribution is 5.95. The number of aromatic amines is 1. The molecule has 1 aromatic carbocycles. The van der Waals surface area contributed by atoms with Crippen molar-refractivity contribution in [3.05, 3.63) is 46.8 Å². The van der Waals surface area contributed by atoms with Crippen LogP contribution in [-0.4, -0.2) is 21.2 Å². The van der Waals surface area contributed by atoms with Gasteiger partial charge in [-0.05, 0) is 19.4 Å². The van der Waals surface area contributed by atoms with Crippen molar-refractivity contribution < 1.29 is 4.79 Å². The lowest BCUT2D eigenvalue weighted by atomic mass is 10.0. The molecule has 0 radical (unpaired) electrons. The van der Waals surface area contributed by atoms with Gasteiger partial charge in [0.1, 0.15) is 5.69 Å². The SMILES string of the molecule is Cc1cc(C)cc(CC(=O)c2cn[nH]n2)c1. The van der Waals surface area contributed by atoms with Crippen LogP contribution < -0.4 is 0 Å². The van der Waals surface area contributed by atoms with Crippen molar-refractivity contribution in [1.82, 2.24) is 15.4 Å². The quantitative estimate of drug-likeness (QED) is 0.795. The summed E-state index contributed by atoms with van der Waals surface area (Å²) in [5.74, 6) is -0.0150. The molecule has 1 aromatic heterocycles. The van der Waals surface area contributed by atoms with Gasteiger partial charge in [-0.15, -0.1) is 0 Å². The maximum atomic E-state index is 11.8. The molecular formula is C12H13N3O. The van der Waals surface area contributed by atoms with Crippen LogP contribution in [0, 0.1) is 13.8 Å². The van der Waals surface area contributed by atoms with Crippen molar-refractivity contribution in [3.8, 4) is 0 Å². The van der Waals surface area contributed by atoms with E-state index in [2.05, 4.69) is 21.5 Å². The Morgan fingerprint density at radius 3 is 2.50 bits per heavy atom. The Morgan fingerprint density at radius 1 is 1.25 bits per heavy atom. The molecule has 2 aromatic rings. The summed E-state index contributed by atoms with van der Waals surface area (Å²) in [4.78, 5) is 11.8. The minimum Gasteiger partial charge on any atom is -0.292 e. The number of benzene rings is 1. The van der Waals surface area contributed by atoms with Crippen LogP contribution in [0.15, 0.2) is 24.4 Å². The third-order valence-electron chi connectivity index (χ3n) is 2.35. The third kappa shape index (κ3) is 2.34. The second-order valence-corrected chi connectivity index (χ2v) is 3.95. The van der Waals surface area contributed by atoms with Crippen LogP contribution >= 0.6 is 0 Å². The molecule has 2 rings (SSSR count). The van der Waals surface area contributed by atoms with E-state index in [-0.39, 0.29) is 5.78 Å². The first-order chi connectivity index (χ1) is 7.65. The average molecular weight is 215 g/mol. The van der Waals surface area contributed by atoms with Gasteiger partial charge in [0, 0.05) is 6.42 Å². The van der Waals surface area contributed by atoms with Crippen molar-refractivity contribution in [2.75, 3.05) is 0 Å². The number of nitrogens with one attached hydrogen (secondary N) is 1. The van der Waals surface area contributed by atoms with E-state index < -0.39 is 0 Å². The number of nitrogens with zero attached hydrogens (tertiary/aromatic N) is 2. The van der Waals surface area contributed by atoms with Crippen molar-refractivity contribution in [1.29, 1.82) is 0 Å². The van der Waals surface area contributed by atoms with Gasteiger partial charge in [0.2, 0.25) is 0 Å². The number of aromatic nitrogens is 3. The van der Waals surface area contributed by atoms with Crippen LogP contribution in [0.1, 0.15) is 27.2 Å². The predicted molar refractivity (Wildman–Crippen MR) is 60.3 cm³/mol. The molecule has 1 N–H and O–H groups in total. The Kier molecular flexibility index (Phi) is 2.81. The topological polar surface area (TPSA) is 58.6 Å². The van der Waals surface area contributed by atoms with Crippen molar-refractivity contribution in [3.63, 3.8) is 0 Å². The van der Waals surface area contributed by atoms with E-state index in [1.165, 1.54) is 17.3 Å². The highest BCUT2D eigenvalue weighted by atomic mass is 16.1. The lowest BCUT2D eigenvalue weighted by Gasteiger charge is -2.02. The zero-order valence-corrected chi connectivity index (χ0v) is 9.32. The van der Waals surface area contributed by atoms with Gasteiger partial charge in [-0.1, -0.05) is 29.3 Å². The Bertz CT molecular complexity index is 483. The van der Waals surface area contributed by atoms with Gasteiger partial charge in [-0.25, -0.2) is 0 Å². The number of rotatable bonds is 3. The molecule has 0 amide bonds. The second kappa shape index (κ2) is 4.26. The summed E-state index contributed by atoms with van der Waals surface area (Å²) in [5.41, 5.74) is 3.75. The molecule has 4 nitrogen and oxygen atoms in total. The lowest BCUT2D eigenvalue weighted by Crippen LogP contribution is -2.04. The molecule has 16 heavy (non-hydrogen) atoms. The standard InChI is InChI=1S/C12H13N3O/c1-8-3-9(2)5-10(4-8)6-12(16)11-7-13-15-14-11/h3-5,7H,6H2,1-2H3,(H,13,14,15). The van der Waals surface area contributed by atoms with Gasteiger partial charge < -0.3 is 0 Å². The summed E-state index contributed by atoms with van der Waals surface area (Å²) in [5, 5.41) is 9.83. The number of hydrogen-bond donors (Lipinski definition) is 1. The molecule has 0 aliphatic heterocycles. The molecule has 0 spiro atoms. The smallest absolute Gasteiger partial charge is 0.189 e. The molecule has 0 aliphatic carbocycles. The Balaban J connectivity index is 2.18. The molecule has 0 fully saturated rings. The van der Waals surface area contributed by atoms with Crippen molar-refractivity contribution in [2.45, 2.75) is 20.3 Å². The molecular weight excluding hydrogens is 202 g/mol. The monoisotopic (exact) mass is 215 g/mol. The summed E-state index contributed by atoms with van der Waals surface area (Å²) in [6.45, 7) is 4.05. The summed E-state index contributed by atoms with van der Waals surface area (Å²) in [7, 11) is 0. The Labute approximate surface area is 93.7 Å². The van der Waals surface area contributed by atoms with Gasteiger partial charge in [0.15, 0.2) is 5.78 Å². The highest BCUT2D eigenvalue weighted by Gasteiger charge is 2.09. The van der Waals surface area contributed by atoms with E-state index in [4.69, 9.17) is 0 Å². The summed E-state index contributed by atoms with van der Waals surface area (Å²) >= 11 is 0. The lowest BCUT2D eigenvalue weighted by molar-refractivity contribution is 0.0988. The second-order valence-electron chi connectivity index (χ2n) is 3.95.